The number of hydrogen-bond donors (Lipinski definition) is 4. The Morgan fingerprint density at radius 3 is 1.33 bits per heavy atom. The molecule has 0 spiro atoms. The molecule has 94 heavy (non-hydrogen) atoms. The van der Waals surface area contributed by atoms with Crippen LogP contribution in [0.3, 0.4) is 0 Å². The number of aromatic amines is 2. The van der Waals surface area contributed by atoms with Gasteiger partial charge < -0.3 is 25.5 Å². The zero-order valence-corrected chi connectivity index (χ0v) is 67.6. The van der Waals surface area contributed by atoms with Crippen molar-refractivity contribution >= 4 is 110 Å². The number of amides is 2. The Bertz CT molecular complexity index is 4000. The number of hydrogen-bond acceptors (Lipinski definition) is 5. The average molecular weight is 1570 g/mol. The van der Waals surface area contributed by atoms with E-state index >= 15 is 0 Å². The zero-order valence-electron chi connectivity index (χ0n) is 57.3. The summed E-state index contributed by atoms with van der Waals surface area (Å²) in [4.78, 5) is 42.3. The Balaban J connectivity index is 0.000000190. The van der Waals surface area contributed by atoms with Crippen LogP contribution in [0.15, 0.2) is 182 Å². The number of fused-ring (bicyclic) bond motifs is 4. The van der Waals surface area contributed by atoms with Crippen molar-refractivity contribution in [2.45, 2.75) is 130 Å². The van der Waals surface area contributed by atoms with Crippen molar-refractivity contribution in [3.63, 3.8) is 0 Å². The second kappa shape index (κ2) is 35.9. The number of nitrogens with one attached hydrogen (secondary N) is 4. The number of nitrogens with zero attached hydrogens (tertiary/aromatic N) is 3. The van der Waals surface area contributed by atoms with Gasteiger partial charge in [0.2, 0.25) is 0 Å². The summed E-state index contributed by atoms with van der Waals surface area (Å²) < 4.78 is 0. The van der Waals surface area contributed by atoms with E-state index < -0.39 is 15.8 Å². The van der Waals surface area contributed by atoms with E-state index in [1.165, 1.54) is 33.2 Å². The van der Waals surface area contributed by atoms with Gasteiger partial charge in [0.25, 0.3) is 11.8 Å². The Morgan fingerprint density at radius 2 is 0.936 bits per heavy atom. The Hall–Kier alpha value is -5.19. The molecule has 0 unspecified atom stereocenters. The van der Waals surface area contributed by atoms with E-state index in [4.69, 9.17) is 35.6 Å². The molecular formula is C77H93BrCl3N7O2P2PdZn+2. The SMILES string of the molecule is CN(C)c1ccc([PH+](C(C)(C)C)C(C)(C)C)cc1.Cc1ccc([PH+](C(C)(C)C)C(C)(C)C)cc1.O=C1NCCc2[nH]c(-c3cccc4ccc(Cc5ccccc5)nc34)cc21.O=C1NCCc2[nH]c(-c3cccc4ccc(Cl)nc34)cc21.[CH2-]c1ccccc1.[Cl][Pd][Cl].[Zn+][Br]. The molecule has 4 N–H and O–H groups in total. The number of H-pyrrole nitrogens is 2. The molecule has 0 radical (unpaired) electrons. The maximum absolute atomic E-state index is 12.1. The van der Waals surface area contributed by atoms with Crippen molar-refractivity contribution in [1.29, 1.82) is 0 Å². The van der Waals surface area contributed by atoms with Gasteiger partial charge in [-0.25, -0.2) is 4.98 Å². The van der Waals surface area contributed by atoms with Gasteiger partial charge in [-0.2, -0.15) is 24.6 Å². The van der Waals surface area contributed by atoms with Crippen molar-refractivity contribution in [2.24, 2.45) is 0 Å². The normalized spacial score (nSPS) is 12.7. The maximum atomic E-state index is 12.1. The summed E-state index contributed by atoms with van der Waals surface area (Å²) >= 11 is 10.2. The first-order valence-corrected chi connectivity index (χ1v) is 45.8. The van der Waals surface area contributed by atoms with Crippen molar-refractivity contribution in [2.75, 3.05) is 32.1 Å². The van der Waals surface area contributed by atoms with E-state index in [0.29, 0.717) is 38.9 Å². The Morgan fingerprint density at radius 1 is 0.532 bits per heavy atom. The zero-order chi connectivity index (χ0) is 69.1. The molecule has 0 atom stereocenters. The Labute approximate surface area is 600 Å². The van der Waals surface area contributed by atoms with E-state index in [-0.39, 0.29) is 27.8 Å². The van der Waals surface area contributed by atoms with Crippen molar-refractivity contribution < 1.29 is 41.9 Å². The van der Waals surface area contributed by atoms with Crippen LogP contribution in [-0.4, -0.2) is 79.6 Å². The number of para-hydroxylation sites is 2. The molecular weight excluding hydrogens is 1470 g/mol. The summed E-state index contributed by atoms with van der Waals surface area (Å²) in [5, 5.41) is 13.0. The molecule has 2 aliphatic heterocycles. The first kappa shape index (κ1) is 77.8. The molecule has 9 nitrogen and oxygen atoms in total. The number of carbonyl (C=O) groups excluding carboxylic acids is 2. The van der Waals surface area contributed by atoms with Gasteiger partial charge in [-0.3, -0.25) is 14.6 Å². The molecule has 0 aliphatic carbocycles. The third-order valence-corrected chi connectivity index (χ3v) is 23.8. The molecule has 6 aromatic carbocycles. The van der Waals surface area contributed by atoms with Crippen LogP contribution in [0.1, 0.15) is 138 Å². The molecule has 0 fully saturated rings. The molecule has 0 saturated carbocycles. The van der Waals surface area contributed by atoms with Gasteiger partial charge >= 0.3 is 65.0 Å². The van der Waals surface area contributed by atoms with Gasteiger partial charge in [0.05, 0.1) is 53.4 Å². The summed E-state index contributed by atoms with van der Waals surface area (Å²) in [7, 11) is 12.6. The monoisotopic (exact) mass is 1560 g/mol. The van der Waals surface area contributed by atoms with E-state index in [1.54, 1.807) is 16.7 Å². The fraction of sp³-hybridized carbons (Fsp3) is 0.312. The molecule has 0 bridgehead atoms. The van der Waals surface area contributed by atoms with Crippen LogP contribution < -0.4 is 26.1 Å². The topological polar surface area (TPSA) is 119 Å². The molecule has 17 heteroatoms. The van der Waals surface area contributed by atoms with Gasteiger partial charge in [-0.05, 0) is 162 Å². The predicted octanol–water partition coefficient (Wildman–Crippen LogP) is 20.0. The first-order valence-electron chi connectivity index (χ1n) is 31.5. The summed E-state index contributed by atoms with van der Waals surface area (Å²) in [6.07, 6.45) is 2.45. The number of pyridine rings is 2. The predicted molar refractivity (Wildman–Crippen MR) is 408 cm³/mol. The van der Waals surface area contributed by atoms with E-state index in [1.807, 2.05) is 78.9 Å². The van der Waals surface area contributed by atoms with Crippen LogP contribution in [0.4, 0.5) is 5.69 Å². The number of aromatic nitrogens is 4. The molecule has 0 saturated heterocycles. The standard InChI is InChI=1S/C23H19N3O.C16H12ClN3O.C16H28NP.C15H25P.C7H7.BrH.2ClH.Pd.Zn/c27-23-19-14-21(26-20(19)11-12-24-23)18-8-4-7-16-9-10-17(25-22(16)18)13-15-5-2-1-3-6-15;17-14-5-4-9-2-1-3-10(15(9)20-14)13-8-11-12(19-13)6-7-18-16(11)21;1-15(2,3)18(16(4,5)6)14-11-9-13(10-12-14)17(7)8;1-12-8-10-13(11-9-12)16(14(2,3)4)15(5,6)7;1-7-5-3-2-4-6-7;;;;;/h1-10,14,26H,11-13H2,(H,24,27);1-5,8,19H,6-7H2,(H,18,21);9-12H,1-8H3;8-11H,1-7H3;2-6H,1H2;3*1H;;/q;;;;-1;;;;2*+2/p-1. The van der Waals surface area contributed by atoms with Crippen molar-refractivity contribution in [3.05, 3.63) is 239 Å². The number of aryl methyl sites for hydroxylation is 1. The van der Waals surface area contributed by atoms with Gasteiger partial charge in [0.15, 0.2) is 0 Å². The van der Waals surface area contributed by atoms with Crippen LogP contribution >= 0.6 is 60.1 Å². The van der Waals surface area contributed by atoms with E-state index in [2.05, 4.69) is 252 Å². The molecule has 10 aromatic rings. The van der Waals surface area contributed by atoms with Crippen LogP contribution in [0, 0.1) is 13.8 Å². The summed E-state index contributed by atoms with van der Waals surface area (Å²) in [6.45, 7) is 35.8. The van der Waals surface area contributed by atoms with Crippen LogP contribution in [0.2, 0.25) is 5.15 Å². The van der Waals surface area contributed by atoms with Gasteiger partial charge in [0.1, 0.15) is 5.15 Å². The Kier molecular flexibility index (Phi) is 29.7. The average Bonchev–Trinajstić information content (AvgIpc) is 1.54. The van der Waals surface area contributed by atoms with E-state index in [0.717, 1.165) is 97.4 Å². The first-order chi connectivity index (χ1) is 44.5. The molecule has 12 rings (SSSR count). The third-order valence-electron chi connectivity index (χ3n) is 15.7. The second-order valence-electron chi connectivity index (χ2n) is 27.6. The fourth-order valence-corrected chi connectivity index (χ4v) is 21.7. The number of benzene rings is 6. The minimum absolute atomic E-state index is 0.00304. The minimum atomic E-state index is -0.614. The molecule has 4 aromatic heterocycles. The molecule has 2 amide bonds. The van der Waals surface area contributed by atoms with Crippen molar-refractivity contribution in [3.8, 4) is 22.5 Å². The van der Waals surface area contributed by atoms with Crippen LogP contribution in [0.25, 0.3) is 44.3 Å². The van der Waals surface area contributed by atoms with Crippen LogP contribution in [-0.2, 0) is 51.5 Å². The van der Waals surface area contributed by atoms with Gasteiger partial charge in [-0.1, -0.05) is 108 Å². The number of anilines is 1. The van der Waals surface area contributed by atoms with Gasteiger partial charge in [-0.15, -0.1) is 12.1 Å². The number of carbonyl (C=O) groups is 2. The summed E-state index contributed by atoms with van der Waals surface area (Å²) in [6, 6.07) is 62.5. The third kappa shape index (κ3) is 22.4. The van der Waals surface area contributed by atoms with E-state index in [9.17, 15) is 9.59 Å². The molecule has 2 aliphatic rings. The molecule has 496 valence electrons. The second-order valence-corrected chi connectivity index (χ2v) is 39.0. The fourth-order valence-electron chi connectivity index (χ4n) is 12.6. The number of halogens is 4. The van der Waals surface area contributed by atoms with Crippen molar-refractivity contribution in [1.82, 2.24) is 30.6 Å². The summed E-state index contributed by atoms with van der Waals surface area (Å²) in [5.74, 6) is -0.0262. The summed E-state index contributed by atoms with van der Waals surface area (Å²) in [5.41, 5.74) is 15.1. The molecule has 6 heterocycles. The number of rotatable bonds is 7. The van der Waals surface area contributed by atoms with Crippen LogP contribution in [0.5, 0.6) is 0 Å². The quantitative estimate of drug-likeness (QED) is 0.0549. The van der Waals surface area contributed by atoms with Gasteiger partial charge in [0, 0.05) is 118 Å².